The largest absolute Gasteiger partial charge is 0.497 e. The molecule has 0 aromatic heterocycles. The molecule has 0 spiro atoms. The van der Waals surface area contributed by atoms with E-state index in [4.69, 9.17) is 4.74 Å². The number of nitrogens with zero attached hydrogens (tertiary/aromatic N) is 1. The van der Waals surface area contributed by atoms with Crippen LogP contribution in [0.4, 0.5) is 0 Å². The van der Waals surface area contributed by atoms with E-state index in [0.29, 0.717) is 11.8 Å². The molecule has 2 aromatic rings. The second-order valence-corrected chi connectivity index (χ2v) is 6.87. The molecule has 2 aliphatic rings. The monoisotopic (exact) mass is 321 g/mol. The van der Waals surface area contributed by atoms with Gasteiger partial charge in [0.2, 0.25) is 0 Å². The molecule has 2 aliphatic heterocycles. The number of methoxy groups -OCH3 is 1. The topological polar surface area (TPSA) is 29.5 Å². The van der Waals surface area contributed by atoms with Crippen molar-refractivity contribution >= 4 is 5.78 Å². The van der Waals surface area contributed by atoms with E-state index in [1.165, 1.54) is 5.56 Å². The summed E-state index contributed by atoms with van der Waals surface area (Å²) in [5.74, 6) is 1.28. The number of piperidine rings is 1. The predicted octanol–water partition coefficient (Wildman–Crippen LogP) is 3.78. The van der Waals surface area contributed by atoms with E-state index in [9.17, 15) is 4.79 Å². The van der Waals surface area contributed by atoms with Crippen LogP contribution in [0.5, 0.6) is 5.75 Å². The molecule has 2 bridgehead atoms. The zero-order valence-electron chi connectivity index (χ0n) is 14.0. The molecule has 0 saturated carbocycles. The Kier molecular flexibility index (Phi) is 4.11. The van der Waals surface area contributed by atoms with Gasteiger partial charge in [-0.2, -0.15) is 0 Å². The van der Waals surface area contributed by atoms with Gasteiger partial charge in [-0.25, -0.2) is 0 Å². The van der Waals surface area contributed by atoms with Crippen molar-refractivity contribution in [1.82, 2.24) is 4.90 Å². The van der Waals surface area contributed by atoms with Crippen LogP contribution in [0.3, 0.4) is 0 Å². The molecule has 4 rings (SSSR count). The number of fused-ring (bicyclic) bond motifs is 2. The Morgan fingerprint density at radius 2 is 1.79 bits per heavy atom. The van der Waals surface area contributed by atoms with Crippen LogP contribution in [-0.4, -0.2) is 29.9 Å². The maximum Gasteiger partial charge on any atom is 0.157 e. The van der Waals surface area contributed by atoms with Crippen molar-refractivity contribution in [2.45, 2.75) is 43.8 Å². The fourth-order valence-electron chi connectivity index (χ4n) is 4.29. The summed E-state index contributed by atoms with van der Waals surface area (Å²) in [5.41, 5.74) is 2.43. The van der Waals surface area contributed by atoms with Crippen LogP contribution in [0, 0.1) is 0 Å². The molecule has 2 heterocycles. The summed E-state index contributed by atoms with van der Waals surface area (Å²) in [7, 11) is 1.67. The van der Waals surface area contributed by atoms with Crippen LogP contribution < -0.4 is 4.74 Å². The minimum Gasteiger partial charge on any atom is -0.497 e. The van der Waals surface area contributed by atoms with Crippen LogP contribution in [0.15, 0.2) is 54.6 Å². The third-order valence-electron chi connectivity index (χ3n) is 5.55. The minimum absolute atomic E-state index is 0.0421. The van der Waals surface area contributed by atoms with Gasteiger partial charge < -0.3 is 4.74 Å². The third-order valence-corrected chi connectivity index (χ3v) is 5.55. The van der Waals surface area contributed by atoms with E-state index in [-0.39, 0.29) is 12.0 Å². The summed E-state index contributed by atoms with van der Waals surface area (Å²) in [5, 5.41) is 0. The van der Waals surface area contributed by atoms with E-state index in [0.717, 1.165) is 37.1 Å². The van der Waals surface area contributed by atoms with Crippen molar-refractivity contribution in [3.8, 4) is 5.75 Å². The highest BCUT2D eigenvalue weighted by Crippen LogP contribution is 2.41. The fourth-order valence-corrected chi connectivity index (χ4v) is 4.29. The molecule has 0 radical (unpaired) electrons. The lowest BCUT2D eigenvalue weighted by Gasteiger charge is -2.38. The summed E-state index contributed by atoms with van der Waals surface area (Å²) in [4.78, 5) is 15.5. The second kappa shape index (κ2) is 6.40. The van der Waals surface area contributed by atoms with Gasteiger partial charge in [0.05, 0.1) is 13.2 Å². The average molecular weight is 321 g/mol. The number of carbonyl (C=O) groups excluding carboxylic acids is 1. The number of ether oxygens (including phenoxy) is 1. The van der Waals surface area contributed by atoms with Crippen LogP contribution in [0.2, 0.25) is 0 Å². The summed E-state index contributed by atoms with van der Waals surface area (Å²) in [6.45, 7) is 0.886. The molecule has 3 heteroatoms. The lowest BCUT2D eigenvalue weighted by molar-refractivity contribution is -0.128. The van der Waals surface area contributed by atoms with Crippen molar-refractivity contribution in [2.24, 2.45) is 0 Å². The summed E-state index contributed by atoms with van der Waals surface area (Å²) < 4.78 is 5.23. The highest BCUT2D eigenvalue weighted by atomic mass is 16.5. The van der Waals surface area contributed by atoms with Crippen LogP contribution in [-0.2, 0) is 11.3 Å². The molecular weight excluding hydrogens is 298 g/mol. The number of benzene rings is 2. The average Bonchev–Trinajstić information content (AvgIpc) is 2.93. The highest BCUT2D eigenvalue weighted by molar-refractivity contribution is 5.92. The van der Waals surface area contributed by atoms with Gasteiger partial charge >= 0.3 is 0 Å². The van der Waals surface area contributed by atoms with E-state index < -0.39 is 0 Å². The van der Waals surface area contributed by atoms with Crippen molar-refractivity contribution in [3.63, 3.8) is 0 Å². The Bertz CT molecular complexity index is 710. The third kappa shape index (κ3) is 2.73. The summed E-state index contributed by atoms with van der Waals surface area (Å²) >= 11 is 0. The molecule has 2 saturated heterocycles. The van der Waals surface area contributed by atoms with Gasteiger partial charge in [0.15, 0.2) is 5.78 Å². The molecule has 0 amide bonds. The van der Waals surface area contributed by atoms with Gasteiger partial charge in [0, 0.05) is 18.5 Å². The first-order valence-electron chi connectivity index (χ1n) is 8.73. The van der Waals surface area contributed by atoms with Crippen molar-refractivity contribution in [1.29, 1.82) is 0 Å². The standard InChI is InChI=1S/C21H23NO2/c1-24-18-10-7-16(8-11-18)19-13-17-9-12-20(21(19)23)22(17)14-15-5-3-2-4-6-15/h2-8,10-11,17,19-20H,9,12-14H2,1H3. The van der Waals surface area contributed by atoms with Gasteiger partial charge in [-0.1, -0.05) is 42.5 Å². The number of carbonyl (C=O) groups is 1. The van der Waals surface area contributed by atoms with E-state index >= 15 is 0 Å². The smallest absolute Gasteiger partial charge is 0.157 e. The first kappa shape index (κ1) is 15.4. The molecule has 3 atom stereocenters. The van der Waals surface area contributed by atoms with E-state index in [1.807, 2.05) is 30.3 Å². The summed E-state index contributed by atoms with van der Waals surface area (Å²) in [6.07, 6.45) is 3.08. The van der Waals surface area contributed by atoms with Crippen molar-refractivity contribution in [3.05, 3.63) is 65.7 Å². The predicted molar refractivity (Wildman–Crippen MR) is 94.2 cm³/mol. The Balaban J connectivity index is 1.53. The Hall–Kier alpha value is -2.13. The molecule has 3 unspecified atom stereocenters. The maximum absolute atomic E-state index is 13.1. The Labute approximate surface area is 143 Å². The minimum atomic E-state index is 0.0421. The molecule has 2 aromatic carbocycles. The molecule has 2 fully saturated rings. The second-order valence-electron chi connectivity index (χ2n) is 6.87. The van der Waals surface area contributed by atoms with Crippen molar-refractivity contribution in [2.75, 3.05) is 7.11 Å². The Morgan fingerprint density at radius 1 is 1.04 bits per heavy atom. The SMILES string of the molecule is COc1ccc(C2CC3CCC(C2=O)N3Cc2ccccc2)cc1. The quantitative estimate of drug-likeness (QED) is 0.858. The first-order valence-corrected chi connectivity index (χ1v) is 8.73. The lowest BCUT2D eigenvalue weighted by Crippen LogP contribution is -2.47. The Morgan fingerprint density at radius 3 is 2.50 bits per heavy atom. The number of rotatable bonds is 4. The number of hydrogen-bond acceptors (Lipinski definition) is 3. The maximum atomic E-state index is 13.1. The molecule has 3 nitrogen and oxygen atoms in total. The highest BCUT2D eigenvalue weighted by Gasteiger charge is 2.46. The van der Waals surface area contributed by atoms with Gasteiger partial charge in [0.1, 0.15) is 5.75 Å². The molecule has 0 N–H and O–H groups in total. The lowest BCUT2D eigenvalue weighted by atomic mass is 9.83. The van der Waals surface area contributed by atoms with Gasteiger partial charge in [-0.3, -0.25) is 9.69 Å². The number of Topliss-reactive ketones (excluding diaryl/α,β-unsaturated/α-hetero) is 1. The van der Waals surface area contributed by atoms with Crippen LogP contribution in [0.1, 0.15) is 36.3 Å². The normalized spacial score (nSPS) is 26.5. The van der Waals surface area contributed by atoms with Crippen LogP contribution >= 0.6 is 0 Å². The zero-order chi connectivity index (χ0) is 16.5. The van der Waals surface area contributed by atoms with E-state index in [1.54, 1.807) is 7.11 Å². The molecule has 124 valence electrons. The summed E-state index contributed by atoms with van der Waals surface area (Å²) in [6, 6.07) is 19.1. The van der Waals surface area contributed by atoms with Gasteiger partial charge in [0.25, 0.3) is 0 Å². The fraction of sp³-hybridized carbons (Fsp3) is 0.381. The molecule has 24 heavy (non-hydrogen) atoms. The van der Waals surface area contributed by atoms with Gasteiger partial charge in [-0.05, 0) is 42.5 Å². The number of hydrogen-bond donors (Lipinski definition) is 0. The van der Waals surface area contributed by atoms with Crippen molar-refractivity contribution < 1.29 is 9.53 Å². The zero-order valence-corrected chi connectivity index (χ0v) is 14.0. The van der Waals surface area contributed by atoms with Crippen LogP contribution in [0.25, 0.3) is 0 Å². The van der Waals surface area contributed by atoms with E-state index in [2.05, 4.69) is 29.2 Å². The molecular formula is C21H23NO2. The molecule has 0 aliphatic carbocycles. The van der Waals surface area contributed by atoms with Gasteiger partial charge in [-0.15, -0.1) is 0 Å². The first-order chi connectivity index (χ1) is 11.8. The number of ketones is 1.